The van der Waals surface area contributed by atoms with Crippen LogP contribution < -0.4 is 10.1 Å². The second-order valence-corrected chi connectivity index (χ2v) is 6.66. The standard InChI is InChI=1S/C18H26N2O2.ClH/c1-22-16-5-2-15(3-6-16)4-7-17(21)20-13-10-18(14-20)8-11-19-12-9-18;/h2-3,5-6,19H,4,7-14H2,1H3;1H. The number of carbonyl (C=O) groups is 1. The molecule has 0 radical (unpaired) electrons. The molecule has 5 heteroatoms. The summed E-state index contributed by atoms with van der Waals surface area (Å²) < 4.78 is 5.16. The summed E-state index contributed by atoms with van der Waals surface area (Å²) in [6.07, 6.45) is 5.04. The van der Waals surface area contributed by atoms with E-state index in [4.69, 9.17) is 4.74 Å². The first-order valence-corrected chi connectivity index (χ1v) is 8.32. The highest BCUT2D eigenvalue weighted by molar-refractivity contribution is 5.85. The number of hydrogen-bond donors (Lipinski definition) is 1. The van der Waals surface area contributed by atoms with Gasteiger partial charge in [0.2, 0.25) is 5.91 Å². The van der Waals surface area contributed by atoms with Crippen LogP contribution >= 0.6 is 12.4 Å². The van der Waals surface area contributed by atoms with Gasteiger partial charge >= 0.3 is 0 Å². The Kier molecular flexibility index (Phi) is 6.31. The third-order valence-corrected chi connectivity index (χ3v) is 5.24. The van der Waals surface area contributed by atoms with Gasteiger partial charge in [-0.05, 0) is 61.9 Å². The fraction of sp³-hybridized carbons (Fsp3) is 0.611. The molecule has 1 aromatic carbocycles. The van der Waals surface area contributed by atoms with Crippen molar-refractivity contribution in [1.29, 1.82) is 0 Å². The smallest absolute Gasteiger partial charge is 0.222 e. The number of hydrogen-bond acceptors (Lipinski definition) is 3. The Balaban J connectivity index is 0.00000192. The maximum absolute atomic E-state index is 12.5. The molecule has 0 aliphatic carbocycles. The number of nitrogens with zero attached hydrogens (tertiary/aromatic N) is 1. The van der Waals surface area contributed by atoms with Gasteiger partial charge in [-0.2, -0.15) is 0 Å². The molecule has 1 spiro atoms. The predicted octanol–water partition coefficient (Wildman–Crippen LogP) is 2.65. The van der Waals surface area contributed by atoms with Crippen molar-refractivity contribution in [2.75, 3.05) is 33.3 Å². The van der Waals surface area contributed by atoms with Gasteiger partial charge < -0.3 is 15.0 Å². The van der Waals surface area contributed by atoms with Crippen LogP contribution in [0, 0.1) is 5.41 Å². The van der Waals surface area contributed by atoms with Gasteiger partial charge in [-0.25, -0.2) is 0 Å². The summed E-state index contributed by atoms with van der Waals surface area (Å²) in [4.78, 5) is 14.5. The summed E-state index contributed by atoms with van der Waals surface area (Å²) in [7, 11) is 1.67. The summed E-state index contributed by atoms with van der Waals surface area (Å²) in [5.41, 5.74) is 1.60. The topological polar surface area (TPSA) is 41.6 Å². The van der Waals surface area contributed by atoms with Crippen LogP contribution in [0.25, 0.3) is 0 Å². The lowest BCUT2D eigenvalue weighted by Gasteiger charge is -2.33. The summed E-state index contributed by atoms with van der Waals surface area (Å²) in [6.45, 7) is 4.12. The average molecular weight is 339 g/mol. The maximum Gasteiger partial charge on any atom is 0.222 e. The van der Waals surface area contributed by atoms with Crippen molar-refractivity contribution in [2.24, 2.45) is 5.41 Å². The van der Waals surface area contributed by atoms with Gasteiger partial charge in [0.05, 0.1) is 7.11 Å². The van der Waals surface area contributed by atoms with E-state index < -0.39 is 0 Å². The van der Waals surface area contributed by atoms with Crippen molar-refractivity contribution in [3.63, 3.8) is 0 Å². The van der Waals surface area contributed by atoms with Crippen molar-refractivity contribution in [3.05, 3.63) is 29.8 Å². The van der Waals surface area contributed by atoms with Crippen LogP contribution in [0.1, 0.15) is 31.2 Å². The zero-order valence-corrected chi connectivity index (χ0v) is 14.7. The van der Waals surface area contributed by atoms with Crippen molar-refractivity contribution < 1.29 is 9.53 Å². The van der Waals surface area contributed by atoms with E-state index in [-0.39, 0.29) is 12.4 Å². The molecule has 128 valence electrons. The molecule has 3 rings (SSSR count). The lowest BCUT2D eigenvalue weighted by Crippen LogP contribution is -2.39. The third kappa shape index (κ3) is 4.39. The number of carbonyl (C=O) groups excluding carboxylic acids is 1. The molecule has 2 saturated heterocycles. The summed E-state index contributed by atoms with van der Waals surface area (Å²) in [5, 5.41) is 3.42. The highest BCUT2D eigenvalue weighted by Crippen LogP contribution is 2.38. The van der Waals surface area contributed by atoms with Crippen LogP contribution in [0.2, 0.25) is 0 Å². The Morgan fingerprint density at radius 2 is 1.91 bits per heavy atom. The minimum Gasteiger partial charge on any atom is -0.497 e. The highest BCUT2D eigenvalue weighted by atomic mass is 35.5. The fourth-order valence-electron chi connectivity index (χ4n) is 3.71. The zero-order valence-electron chi connectivity index (χ0n) is 13.8. The molecule has 0 unspecified atom stereocenters. The van der Waals surface area contributed by atoms with E-state index in [0.29, 0.717) is 17.7 Å². The molecule has 0 bridgehead atoms. The number of ether oxygens (including phenoxy) is 1. The summed E-state index contributed by atoms with van der Waals surface area (Å²) in [6, 6.07) is 8.01. The lowest BCUT2D eigenvalue weighted by molar-refractivity contribution is -0.130. The summed E-state index contributed by atoms with van der Waals surface area (Å²) in [5.74, 6) is 1.17. The van der Waals surface area contributed by atoms with Crippen molar-refractivity contribution in [2.45, 2.75) is 32.1 Å². The van der Waals surface area contributed by atoms with Crippen molar-refractivity contribution >= 4 is 18.3 Å². The average Bonchev–Trinajstić information content (AvgIpc) is 2.97. The molecule has 1 N–H and O–H groups in total. The third-order valence-electron chi connectivity index (χ3n) is 5.24. The molecule has 0 aromatic heterocycles. The number of rotatable bonds is 4. The quantitative estimate of drug-likeness (QED) is 0.917. The molecule has 2 aliphatic rings. The Hall–Kier alpha value is -1.26. The Morgan fingerprint density at radius 1 is 1.22 bits per heavy atom. The normalized spacial score (nSPS) is 19.4. The minimum absolute atomic E-state index is 0. The first-order valence-electron chi connectivity index (χ1n) is 8.32. The number of piperidine rings is 1. The van der Waals surface area contributed by atoms with Crippen molar-refractivity contribution in [3.8, 4) is 5.75 Å². The largest absolute Gasteiger partial charge is 0.497 e. The second-order valence-electron chi connectivity index (χ2n) is 6.66. The van der Waals surface area contributed by atoms with E-state index >= 15 is 0 Å². The molecule has 4 nitrogen and oxygen atoms in total. The molecule has 0 atom stereocenters. The molecule has 2 heterocycles. The number of aryl methyl sites for hydroxylation is 1. The predicted molar refractivity (Wildman–Crippen MR) is 94.3 cm³/mol. The van der Waals surface area contributed by atoms with Gasteiger partial charge in [0, 0.05) is 19.5 Å². The number of likely N-dealkylation sites (tertiary alicyclic amines) is 1. The number of methoxy groups -OCH3 is 1. The molecular formula is C18H27ClN2O2. The van der Waals surface area contributed by atoms with Gasteiger partial charge in [-0.3, -0.25) is 4.79 Å². The van der Waals surface area contributed by atoms with Crippen LogP contribution in [0.5, 0.6) is 5.75 Å². The first kappa shape index (κ1) is 18.1. The summed E-state index contributed by atoms with van der Waals surface area (Å²) >= 11 is 0. The van der Waals surface area contributed by atoms with Gasteiger partial charge in [0.15, 0.2) is 0 Å². The van der Waals surface area contributed by atoms with E-state index in [1.54, 1.807) is 7.11 Å². The van der Waals surface area contributed by atoms with Gasteiger partial charge in [-0.1, -0.05) is 12.1 Å². The van der Waals surface area contributed by atoms with E-state index in [2.05, 4.69) is 10.2 Å². The van der Waals surface area contributed by atoms with Gasteiger partial charge in [0.1, 0.15) is 5.75 Å². The number of benzene rings is 1. The first-order chi connectivity index (χ1) is 10.7. The molecule has 2 fully saturated rings. The molecular weight excluding hydrogens is 312 g/mol. The molecule has 23 heavy (non-hydrogen) atoms. The van der Waals surface area contributed by atoms with E-state index in [9.17, 15) is 4.79 Å². The minimum atomic E-state index is 0. The maximum atomic E-state index is 12.5. The van der Waals surface area contributed by atoms with Crippen LogP contribution in [-0.2, 0) is 11.2 Å². The molecule has 1 amide bonds. The zero-order chi connectivity index (χ0) is 15.4. The van der Waals surface area contributed by atoms with Crippen LogP contribution in [-0.4, -0.2) is 44.1 Å². The molecule has 2 aliphatic heterocycles. The second kappa shape index (κ2) is 8.02. The highest BCUT2D eigenvalue weighted by Gasteiger charge is 2.40. The van der Waals surface area contributed by atoms with E-state index in [1.807, 2.05) is 24.3 Å². The monoisotopic (exact) mass is 338 g/mol. The van der Waals surface area contributed by atoms with Crippen molar-refractivity contribution in [1.82, 2.24) is 10.2 Å². The van der Waals surface area contributed by atoms with Crippen LogP contribution in [0.15, 0.2) is 24.3 Å². The fourth-order valence-corrected chi connectivity index (χ4v) is 3.71. The van der Waals surface area contributed by atoms with Gasteiger partial charge in [0.25, 0.3) is 0 Å². The SMILES string of the molecule is COc1ccc(CCC(=O)N2CCC3(CCNCC3)C2)cc1.Cl. The van der Waals surface area contributed by atoms with E-state index in [1.165, 1.54) is 24.8 Å². The Bertz CT molecular complexity index is 512. The number of halogens is 1. The molecule has 0 saturated carbocycles. The Morgan fingerprint density at radius 3 is 2.57 bits per heavy atom. The lowest BCUT2D eigenvalue weighted by atomic mass is 9.78. The Labute approximate surface area is 145 Å². The number of amides is 1. The van der Waals surface area contributed by atoms with E-state index in [0.717, 1.165) is 38.3 Å². The number of nitrogens with one attached hydrogen (secondary N) is 1. The van der Waals surface area contributed by atoms with Crippen LogP contribution in [0.3, 0.4) is 0 Å². The molecule has 1 aromatic rings. The van der Waals surface area contributed by atoms with Crippen LogP contribution in [0.4, 0.5) is 0 Å². The van der Waals surface area contributed by atoms with Gasteiger partial charge in [-0.15, -0.1) is 12.4 Å².